The highest BCUT2D eigenvalue weighted by atomic mass is 32.2. The fraction of sp³-hybridized carbons (Fsp3) is 0.467. The van der Waals surface area contributed by atoms with Crippen LogP contribution in [0.15, 0.2) is 29.2 Å². The van der Waals surface area contributed by atoms with E-state index in [2.05, 4.69) is 16.0 Å². The number of hydrogen-bond acceptors (Lipinski definition) is 4. The molecule has 23 heavy (non-hydrogen) atoms. The zero-order valence-electron chi connectivity index (χ0n) is 13.7. The lowest BCUT2D eigenvalue weighted by Crippen LogP contribution is -2.48. The number of rotatable bonds is 6. The molecule has 3 amide bonds. The third kappa shape index (κ3) is 5.90. The smallest absolute Gasteiger partial charge is 0.319 e. The van der Waals surface area contributed by atoms with Crippen LogP contribution in [0, 0.1) is 0 Å². The van der Waals surface area contributed by atoms with E-state index in [4.69, 9.17) is 0 Å². The van der Waals surface area contributed by atoms with Crippen LogP contribution in [0.1, 0.15) is 27.2 Å². The third-order valence-corrected chi connectivity index (χ3v) is 4.43. The van der Waals surface area contributed by atoms with Crippen LogP contribution in [0.4, 0.5) is 10.5 Å². The molecule has 0 saturated heterocycles. The Morgan fingerprint density at radius 3 is 2.30 bits per heavy atom. The first-order chi connectivity index (χ1) is 10.6. The van der Waals surface area contributed by atoms with Gasteiger partial charge in [-0.25, -0.2) is 13.2 Å². The molecule has 1 rings (SSSR count). The van der Waals surface area contributed by atoms with Gasteiger partial charge in [0.2, 0.25) is 5.91 Å². The quantitative estimate of drug-likeness (QED) is 0.729. The maximum atomic E-state index is 12.0. The second kappa shape index (κ2) is 7.96. The van der Waals surface area contributed by atoms with Crippen molar-refractivity contribution in [1.29, 1.82) is 0 Å². The molecule has 0 aliphatic carbocycles. The molecular weight excluding hydrogens is 318 g/mol. The van der Waals surface area contributed by atoms with Gasteiger partial charge in [-0.15, -0.1) is 0 Å². The maximum absolute atomic E-state index is 12.0. The molecule has 1 aromatic carbocycles. The summed E-state index contributed by atoms with van der Waals surface area (Å²) in [7, 11) is -3.46. The Kier molecular flexibility index (Phi) is 6.56. The van der Waals surface area contributed by atoms with Gasteiger partial charge in [-0.3, -0.25) is 4.79 Å². The number of carbonyl (C=O) groups excluding carboxylic acids is 2. The van der Waals surface area contributed by atoms with Gasteiger partial charge in [-0.05, 0) is 32.4 Å². The van der Waals surface area contributed by atoms with Gasteiger partial charge >= 0.3 is 6.03 Å². The summed E-state index contributed by atoms with van der Waals surface area (Å²) >= 11 is 0. The minimum atomic E-state index is -3.46. The van der Waals surface area contributed by atoms with Crippen molar-refractivity contribution < 1.29 is 18.0 Å². The van der Waals surface area contributed by atoms with Crippen LogP contribution in [0.3, 0.4) is 0 Å². The third-order valence-electron chi connectivity index (χ3n) is 3.28. The molecule has 7 nitrogen and oxygen atoms in total. The maximum Gasteiger partial charge on any atom is 0.319 e. The van der Waals surface area contributed by atoms with E-state index in [0.717, 1.165) is 12.7 Å². The van der Waals surface area contributed by atoms with E-state index in [1.807, 2.05) is 13.8 Å². The number of para-hydroxylation sites is 1. The van der Waals surface area contributed by atoms with Crippen molar-refractivity contribution in [3.8, 4) is 0 Å². The molecule has 0 bridgehead atoms. The zero-order valence-corrected chi connectivity index (χ0v) is 14.5. The number of hydrogen-bond donors (Lipinski definition) is 3. The van der Waals surface area contributed by atoms with Gasteiger partial charge in [-0.1, -0.05) is 19.1 Å². The average molecular weight is 341 g/mol. The van der Waals surface area contributed by atoms with E-state index in [1.54, 1.807) is 19.1 Å². The summed E-state index contributed by atoms with van der Waals surface area (Å²) in [6.45, 7) is 5.37. The van der Waals surface area contributed by atoms with Crippen molar-refractivity contribution in [3.05, 3.63) is 24.3 Å². The van der Waals surface area contributed by atoms with E-state index in [1.165, 1.54) is 12.1 Å². The number of sulfone groups is 1. The molecule has 0 fully saturated rings. The van der Waals surface area contributed by atoms with Gasteiger partial charge in [0.25, 0.3) is 0 Å². The highest BCUT2D eigenvalue weighted by Gasteiger charge is 2.19. The molecule has 0 spiro atoms. The molecule has 0 aliphatic rings. The summed E-state index contributed by atoms with van der Waals surface area (Å²) < 4.78 is 23.4. The Bertz CT molecular complexity index is 673. The van der Waals surface area contributed by atoms with Crippen molar-refractivity contribution in [2.24, 2.45) is 0 Å². The van der Waals surface area contributed by atoms with Gasteiger partial charge in [0.1, 0.15) is 6.04 Å². The monoisotopic (exact) mass is 341 g/mol. The first-order valence-corrected chi connectivity index (χ1v) is 9.21. The van der Waals surface area contributed by atoms with E-state index in [9.17, 15) is 18.0 Å². The lowest BCUT2D eigenvalue weighted by atomic mass is 10.2. The number of anilines is 1. The molecule has 128 valence electrons. The Morgan fingerprint density at radius 2 is 1.74 bits per heavy atom. The summed E-state index contributed by atoms with van der Waals surface area (Å²) in [6, 6.07) is 4.71. The van der Waals surface area contributed by atoms with Crippen LogP contribution in [-0.4, -0.2) is 38.7 Å². The summed E-state index contributed by atoms with van der Waals surface area (Å²) in [6.07, 6.45) is 1.85. The predicted octanol–water partition coefficient (Wildman–Crippen LogP) is 1.51. The van der Waals surface area contributed by atoms with Crippen molar-refractivity contribution in [3.63, 3.8) is 0 Å². The fourth-order valence-electron chi connectivity index (χ4n) is 1.78. The molecule has 1 aromatic rings. The molecular formula is C15H23N3O4S. The number of nitrogens with one attached hydrogen (secondary N) is 3. The Hall–Kier alpha value is -2.09. The standard InChI is InChI=1S/C15H23N3O4S/c1-5-10(2)16-14(19)11(3)17-15(20)18-12-8-6-7-9-13(12)23(4,21)22/h6-11H,5H2,1-4H3,(H,16,19)(H2,17,18,20)/t10-,11+/m1/s1. The van der Waals surface area contributed by atoms with Crippen LogP contribution < -0.4 is 16.0 Å². The second-order valence-electron chi connectivity index (χ2n) is 5.41. The largest absolute Gasteiger partial charge is 0.352 e. The van der Waals surface area contributed by atoms with Crippen LogP contribution >= 0.6 is 0 Å². The SMILES string of the molecule is CC[C@@H](C)NC(=O)[C@H](C)NC(=O)Nc1ccccc1S(C)(=O)=O. The molecule has 0 aliphatic heterocycles. The summed E-state index contributed by atoms with van der Waals surface area (Å²) in [5, 5.41) is 7.70. The van der Waals surface area contributed by atoms with Gasteiger partial charge in [0.15, 0.2) is 9.84 Å². The van der Waals surface area contributed by atoms with Crippen molar-refractivity contribution in [2.75, 3.05) is 11.6 Å². The fourth-order valence-corrected chi connectivity index (χ4v) is 2.63. The van der Waals surface area contributed by atoms with Crippen molar-refractivity contribution in [2.45, 2.75) is 44.2 Å². The zero-order chi connectivity index (χ0) is 17.6. The average Bonchev–Trinajstić information content (AvgIpc) is 2.46. The lowest BCUT2D eigenvalue weighted by Gasteiger charge is -2.18. The molecule has 0 radical (unpaired) electrons. The minimum Gasteiger partial charge on any atom is -0.352 e. The summed E-state index contributed by atoms with van der Waals surface area (Å²) in [5.74, 6) is -0.300. The van der Waals surface area contributed by atoms with E-state index < -0.39 is 21.9 Å². The van der Waals surface area contributed by atoms with Crippen molar-refractivity contribution >= 4 is 27.5 Å². The van der Waals surface area contributed by atoms with Crippen molar-refractivity contribution in [1.82, 2.24) is 10.6 Å². The highest BCUT2D eigenvalue weighted by Crippen LogP contribution is 2.20. The highest BCUT2D eigenvalue weighted by molar-refractivity contribution is 7.90. The summed E-state index contributed by atoms with van der Waals surface area (Å²) in [4.78, 5) is 23.9. The molecule has 0 aromatic heterocycles. The molecule has 3 N–H and O–H groups in total. The predicted molar refractivity (Wildman–Crippen MR) is 89.1 cm³/mol. The number of amides is 3. The molecule has 8 heteroatoms. The summed E-state index contributed by atoms with van der Waals surface area (Å²) in [5.41, 5.74) is 0.169. The number of benzene rings is 1. The van der Waals surface area contributed by atoms with E-state index >= 15 is 0 Å². The van der Waals surface area contributed by atoms with Crippen LogP contribution in [0.5, 0.6) is 0 Å². The van der Waals surface area contributed by atoms with Gasteiger partial charge in [-0.2, -0.15) is 0 Å². The first kappa shape index (κ1) is 19.0. The normalized spacial score (nSPS) is 13.7. The molecule has 0 heterocycles. The lowest BCUT2D eigenvalue weighted by molar-refractivity contribution is -0.123. The molecule has 0 unspecified atom stereocenters. The van der Waals surface area contributed by atoms with Gasteiger partial charge in [0, 0.05) is 12.3 Å². The van der Waals surface area contributed by atoms with Crippen LogP contribution in [0.2, 0.25) is 0 Å². The van der Waals surface area contributed by atoms with Crippen LogP contribution in [0.25, 0.3) is 0 Å². The minimum absolute atomic E-state index is 0.0146. The van der Waals surface area contributed by atoms with Gasteiger partial charge in [0.05, 0.1) is 10.6 Å². The molecule has 2 atom stereocenters. The molecule has 0 saturated carbocycles. The second-order valence-corrected chi connectivity index (χ2v) is 7.39. The van der Waals surface area contributed by atoms with Crippen LogP contribution in [-0.2, 0) is 14.6 Å². The van der Waals surface area contributed by atoms with Gasteiger partial charge < -0.3 is 16.0 Å². The number of carbonyl (C=O) groups is 2. The number of urea groups is 1. The first-order valence-electron chi connectivity index (χ1n) is 7.32. The Labute approximate surface area is 136 Å². The van der Waals surface area contributed by atoms with E-state index in [0.29, 0.717) is 0 Å². The van der Waals surface area contributed by atoms with E-state index in [-0.39, 0.29) is 22.5 Å². The Balaban J connectivity index is 2.73. The Morgan fingerprint density at radius 1 is 1.13 bits per heavy atom. The topological polar surface area (TPSA) is 104 Å².